The number of anilines is 1. The predicted molar refractivity (Wildman–Crippen MR) is 153 cm³/mol. The van der Waals surface area contributed by atoms with Gasteiger partial charge in [0.05, 0.1) is 38.0 Å². The Morgan fingerprint density at radius 1 is 0.952 bits per heavy atom. The number of para-hydroxylation sites is 1. The molecule has 1 fully saturated rings. The number of ether oxygens (including phenoxy) is 3. The SMILES string of the molecule is COc1ccc(S(=O)(=O)N2C(=O)C(c3ccccc3OC)(N3C[C@H](O)C[C@@]3(C)C(=O)O)c3cc(Cl)ccc32)cc1OC. The second kappa shape index (κ2) is 10.5. The van der Waals surface area contributed by atoms with Crippen LogP contribution in [0.2, 0.25) is 5.02 Å². The summed E-state index contributed by atoms with van der Waals surface area (Å²) in [6, 6.07) is 14.7. The summed E-state index contributed by atoms with van der Waals surface area (Å²) < 4.78 is 45.6. The maximum absolute atomic E-state index is 15.0. The number of likely N-dealkylation sites (tertiary alicyclic amines) is 1. The van der Waals surface area contributed by atoms with Crippen molar-refractivity contribution >= 4 is 39.2 Å². The highest BCUT2D eigenvalue weighted by Gasteiger charge is 2.67. The van der Waals surface area contributed by atoms with E-state index in [0.29, 0.717) is 4.31 Å². The maximum atomic E-state index is 15.0. The number of aliphatic hydroxyl groups is 1. The number of hydrogen-bond acceptors (Lipinski definition) is 9. The standard InChI is InChI=1S/C29H29ClN2O9S/c1-28(27(35)36)15-18(33)16-31(28)29(20-7-5-6-8-23(20)39-2)21-13-17(30)9-11-22(21)32(26(29)34)42(37,38)19-10-12-24(40-3)25(14-19)41-4/h5-14,18,33H,15-16H2,1-4H3,(H,35,36)/t18-,28+,29?/m1/s1. The molecule has 13 heteroatoms. The number of nitrogens with zero attached hydrogens (tertiary/aromatic N) is 2. The smallest absolute Gasteiger partial charge is 0.323 e. The molecule has 3 atom stereocenters. The van der Waals surface area contributed by atoms with E-state index < -0.39 is 39.1 Å². The molecule has 1 unspecified atom stereocenters. The van der Waals surface area contributed by atoms with Crippen LogP contribution in [0.4, 0.5) is 5.69 Å². The number of fused-ring (bicyclic) bond motifs is 1. The summed E-state index contributed by atoms with van der Waals surface area (Å²) in [4.78, 5) is 28.9. The van der Waals surface area contributed by atoms with Crippen LogP contribution in [0.25, 0.3) is 0 Å². The largest absolute Gasteiger partial charge is 0.496 e. The van der Waals surface area contributed by atoms with Crippen LogP contribution in [-0.2, 0) is 25.2 Å². The lowest BCUT2D eigenvalue weighted by molar-refractivity contribution is -0.153. The van der Waals surface area contributed by atoms with E-state index in [2.05, 4.69) is 0 Å². The third kappa shape index (κ3) is 4.12. The number of sulfonamides is 1. The molecule has 2 heterocycles. The number of benzene rings is 3. The first kappa shape index (κ1) is 29.6. The number of aliphatic hydroxyl groups excluding tert-OH is 1. The zero-order valence-electron chi connectivity index (χ0n) is 23.2. The Morgan fingerprint density at radius 2 is 1.62 bits per heavy atom. The third-order valence-corrected chi connectivity index (χ3v) is 9.87. The van der Waals surface area contributed by atoms with Crippen molar-refractivity contribution in [3.63, 3.8) is 0 Å². The molecule has 2 aliphatic heterocycles. The van der Waals surface area contributed by atoms with E-state index in [1.165, 1.54) is 69.6 Å². The number of methoxy groups -OCH3 is 3. The summed E-state index contributed by atoms with van der Waals surface area (Å²) >= 11 is 6.46. The average molecular weight is 617 g/mol. The molecule has 222 valence electrons. The van der Waals surface area contributed by atoms with E-state index in [0.717, 1.165) is 0 Å². The van der Waals surface area contributed by atoms with Crippen LogP contribution in [0.5, 0.6) is 17.2 Å². The minimum absolute atomic E-state index is 0.0285. The Kier molecular flexibility index (Phi) is 7.38. The van der Waals surface area contributed by atoms with Crippen molar-refractivity contribution in [2.45, 2.75) is 35.4 Å². The summed E-state index contributed by atoms with van der Waals surface area (Å²) in [6.07, 6.45) is -1.35. The molecule has 11 nitrogen and oxygen atoms in total. The molecule has 3 aromatic rings. The van der Waals surface area contributed by atoms with Gasteiger partial charge in [-0.1, -0.05) is 29.8 Å². The van der Waals surface area contributed by atoms with E-state index >= 15 is 4.79 Å². The van der Waals surface area contributed by atoms with E-state index in [4.69, 9.17) is 25.8 Å². The van der Waals surface area contributed by atoms with Gasteiger partial charge in [-0.3, -0.25) is 14.5 Å². The van der Waals surface area contributed by atoms with E-state index in [9.17, 15) is 23.4 Å². The lowest BCUT2D eigenvalue weighted by atomic mass is 9.79. The van der Waals surface area contributed by atoms with Gasteiger partial charge < -0.3 is 24.4 Å². The second-order valence-electron chi connectivity index (χ2n) is 10.2. The Morgan fingerprint density at radius 3 is 2.26 bits per heavy atom. The average Bonchev–Trinajstić information content (AvgIpc) is 3.42. The summed E-state index contributed by atoms with van der Waals surface area (Å²) in [7, 11) is -0.500. The van der Waals surface area contributed by atoms with Gasteiger partial charge in [0.25, 0.3) is 15.9 Å². The minimum atomic E-state index is -4.64. The molecule has 0 bridgehead atoms. The molecular formula is C29H29ClN2O9S. The number of halogens is 1. The molecule has 0 spiro atoms. The fraction of sp³-hybridized carbons (Fsp3) is 0.310. The molecule has 0 saturated carbocycles. The van der Waals surface area contributed by atoms with Gasteiger partial charge in [0, 0.05) is 35.2 Å². The molecule has 42 heavy (non-hydrogen) atoms. The number of amides is 1. The van der Waals surface area contributed by atoms with E-state index in [1.807, 2.05) is 0 Å². The molecule has 0 radical (unpaired) electrons. The highest BCUT2D eigenvalue weighted by Crippen LogP contribution is 2.56. The Bertz CT molecular complexity index is 1700. The molecule has 5 rings (SSSR count). The second-order valence-corrected chi connectivity index (χ2v) is 12.4. The zero-order chi connectivity index (χ0) is 30.6. The predicted octanol–water partition coefficient (Wildman–Crippen LogP) is 3.25. The van der Waals surface area contributed by atoms with Gasteiger partial charge in [-0.25, -0.2) is 12.7 Å². The van der Waals surface area contributed by atoms with Gasteiger partial charge >= 0.3 is 5.97 Å². The van der Waals surface area contributed by atoms with Gasteiger partial charge in [0.15, 0.2) is 17.0 Å². The number of hydrogen-bond donors (Lipinski definition) is 2. The number of rotatable bonds is 8. The number of carbonyl (C=O) groups excluding carboxylic acids is 1. The van der Waals surface area contributed by atoms with Crippen molar-refractivity contribution in [2.24, 2.45) is 0 Å². The molecule has 1 saturated heterocycles. The maximum Gasteiger partial charge on any atom is 0.323 e. The van der Waals surface area contributed by atoms with Crippen LogP contribution >= 0.6 is 11.6 Å². The van der Waals surface area contributed by atoms with Crippen molar-refractivity contribution < 1.29 is 42.4 Å². The van der Waals surface area contributed by atoms with Gasteiger partial charge in [-0.2, -0.15) is 0 Å². The van der Waals surface area contributed by atoms with Gasteiger partial charge in [-0.15, -0.1) is 0 Å². The highest BCUT2D eigenvalue weighted by molar-refractivity contribution is 7.93. The number of carbonyl (C=O) groups is 2. The van der Waals surface area contributed by atoms with Crippen molar-refractivity contribution in [1.29, 1.82) is 0 Å². The molecular weight excluding hydrogens is 588 g/mol. The number of carboxylic acids is 1. The van der Waals surface area contributed by atoms with E-state index in [-0.39, 0.29) is 56.9 Å². The number of aliphatic carboxylic acids is 1. The molecule has 3 aromatic carbocycles. The summed E-state index contributed by atoms with van der Waals surface area (Å²) in [5.41, 5.74) is -3.60. The quantitative estimate of drug-likeness (QED) is 0.387. The van der Waals surface area contributed by atoms with Crippen molar-refractivity contribution in [1.82, 2.24) is 4.90 Å². The minimum Gasteiger partial charge on any atom is -0.496 e. The van der Waals surface area contributed by atoms with Gasteiger partial charge in [0.2, 0.25) is 0 Å². The van der Waals surface area contributed by atoms with Crippen LogP contribution in [0, 0.1) is 0 Å². The van der Waals surface area contributed by atoms with Crippen LogP contribution in [-0.4, -0.2) is 74.9 Å². The zero-order valence-corrected chi connectivity index (χ0v) is 24.8. The first-order valence-corrected chi connectivity index (χ1v) is 14.6. The van der Waals surface area contributed by atoms with Crippen LogP contribution < -0.4 is 18.5 Å². The van der Waals surface area contributed by atoms with Gasteiger partial charge in [0.1, 0.15) is 11.3 Å². The van der Waals surface area contributed by atoms with Crippen molar-refractivity contribution in [3.8, 4) is 17.2 Å². The Labute approximate surface area is 247 Å². The number of β-amino-alcohol motifs (C(OH)–C–C–N with tert-alkyl or cyclic N) is 1. The lowest BCUT2D eigenvalue weighted by Gasteiger charge is -2.45. The summed E-state index contributed by atoms with van der Waals surface area (Å²) in [5, 5.41) is 21.4. The summed E-state index contributed by atoms with van der Waals surface area (Å²) in [6.45, 7) is 1.13. The third-order valence-electron chi connectivity index (χ3n) is 7.94. The van der Waals surface area contributed by atoms with Crippen LogP contribution in [0.3, 0.4) is 0 Å². The Balaban J connectivity index is 1.87. The van der Waals surface area contributed by atoms with E-state index in [1.54, 1.807) is 24.3 Å². The topological polar surface area (TPSA) is 143 Å². The molecule has 0 aromatic heterocycles. The molecule has 2 aliphatic rings. The first-order valence-electron chi connectivity index (χ1n) is 12.8. The van der Waals surface area contributed by atoms with Crippen LogP contribution in [0.15, 0.2) is 65.6 Å². The first-order chi connectivity index (χ1) is 19.9. The summed E-state index contributed by atoms with van der Waals surface area (Å²) in [5.74, 6) is -1.68. The highest BCUT2D eigenvalue weighted by atomic mass is 35.5. The van der Waals surface area contributed by atoms with Crippen molar-refractivity contribution in [3.05, 3.63) is 76.8 Å². The van der Waals surface area contributed by atoms with Gasteiger partial charge in [-0.05, 0) is 43.3 Å². The Hall–Kier alpha value is -3.84. The molecule has 2 N–H and O–H groups in total. The normalized spacial score (nSPS) is 24.0. The molecule has 1 amide bonds. The number of carboxylic acid groups (broad SMARTS) is 1. The fourth-order valence-electron chi connectivity index (χ4n) is 6.03. The van der Waals surface area contributed by atoms with Crippen LogP contribution in [0.1, 0.15) is 24.5 Å². The monoisotopic (exact) mass is 616 g/mol. The lowest BCUT2D eigenvalue weighted by Crippen LogP contribution is -2.62. The van der Waals surface area contributed by atoms with Crippen molar-refractivity contribution in [2.75, 3.05) is 32.2 Å². The molecule has 0 aliphatic carbocycles. The fourth-order valence-corrected chi connectivity index (χ4v) is 7.68.